The Kier molecular flexibility index (Phi) is 52.7. The van der Waals surface area contributed by atoms with Gasteiger partial charge in [-0.25, -0.2) is 0 Å². The van der Waals surface area contributed by atoms with Crippen LogP contribution in [0, 0.1) is 0 Å². The summed E-state index contributed by atoms with van der Waals surface area (Å²) in [4.78, 5) is 1.56. The van der Waals surface area contributed by atoms with E-state index in [1.807, 2.05) is 13.8 Å². The molecule has 0 saturated carbocycles. The molecule has 0 rings (SSSR count). The zero-order valence-electron chi connectivity index (χ0n) is 3.66. The van der Waals surface area contributed by atoms with Gasteiger partial charge >= 0.3 is 0 Å². The van der Waals surface area contributed by atoms with Crippen LogP contribution in [-0.4, -0.2) is 0 Å². The molecule has 0 spiro atoms. The van der Waals surface area contributed by atoms with Gasteiger partial charge in [0.15, 0.2) is 0 Å². The van der Waals surface area contributed by atoms with Crippen LogP contribution in [0.3, 0.4) is 0 Å². The lowest BCUT2D eigenvalue weighted by atomic mass is 11.0. The highest BCUT2D eigenvalue weighted by Gasteiger charge is 1.18. The maximum absolute atomic E-state index is 3.28. The zero-order chi connectivity index (χ0) is 4.71. The van der Waals surface area contributed by atoms with E-state index in [1.54, 1.807) is 4.99 Å². The van der Waals surface area contributed by atoms with Crippen molar-refractivity contribution < 1.29 is 0 Å². The first-order valence-electron chi connectivity index (χ1n) is 1.63. The van der Waals surface area contributed by atoms with Gasteiger partial charge < -0.3 is 0 Å². The Labute approximate surface area is 42.0 Å². The molecule has 0 atom stereocenters. The highest BCUT2D eigenvalue weighted by Crippen LogP contribution is 1.68. The van der Waals surface area contributed by atoms with E-state index in [1.165, 1.54) is 0 Å². The molecule has 0 N–H and O–H groups in total. The summed E-state index contributed by atoms with van der Waals surface area (Å²) >= 11 is 2.91. The van der Waals surface area contributed by atoms with Crippen LogP contribution in [0.1, 0.15) is 13.8 Å². The fourth-order valence-corrected chi connectivity index (χ4v) is 0. The van der Waals surface area contributed by atoms with Crippen LogP contribution in [0.25, 0.3) is 0 Å². The van der Waals surface area contributed by atoms with Gasteiger partial charge in [-0.15, -0.1) is 0 Å². The summed E-state index contributed by atoms with van der Waals surface area (Å²) in [7, 11) is 0. The third kappa shape index (κ3) is 430. The summed E-state index contributed by atoms with van der Waals surface area (Å²) in [6, 6.07) is 0. The van der Waals surface area contributed by atoms with Crippen molar-refractivity contribution in [2.75, 3.05) is 0 Å². The zero-order valence-corrected chi connectivity index (χ0v) is 5.25. The van der Waals surface area contributed by atoms with Crippen molar-refractivity contribution in [2.45, 2.75) is 13.8 Å². The van der Waals surface area contributed by atoms with Gasteiger partial charge in [0.25, 0.3) is 0 Å². The molecule has 32 valence electrons. The van der Waals surface area contributed by atoms with E-state index in [4.69, 9.17) is 0 Å². The smallest absolute Gasteiger partial charge is 0.0261 e. The first-order valence-corrected chi connectivity index (χ1v) is 2.54. The fourth-order valence-electron chi connectivity index (χ4n) is 0. The van der Waals surface area contributed by atoms with Gasteiger partial charge in [0.05, 0.1) is 0 Å². The van der Waals surface area contributed by atoms with Crippen LogP contribution >= 0.6 is 15.9 Å². The van der Waals surface area contributed by atoms with E-state index >= 15 is 0 Å². The molecule has 5 heavy (non-hydrogen) atoms. The van der Waals surface area contributed by atoms with Crippen LogP contribution in [0.4, 0.5) is 0 Å². The Hall–Kier alpha value is 0.220. The van der Waals surface area contributed by atoms with E-state index in [9.17, 15) is 0 Å². The van der Waals surface area contributed by atoms with Crippen molar-refractivity contribution in [1.29, 1.82) is 0 Å². The second-order valence-electron chi connectivity index (χ2n) is 0.154. The molecule has 0 aromatic carbocycles. The number of rotatable bonds is 0. The molecule has 0 aliphatic carbocycles. The normalized spacial score (nSPS) is 3.80. The Morgan fingerprint density at radius 2 is 1.60 bits per heavy atom. The topological polar surface area (TPSA) is 0 Å². The Morgan fingerprint density at radius 3 is 1.60 bits per heavy atom. The minimum Gasteiger partial charge on any atom is -0.0921 e. The maximum Gasteiger partial charge on any atom is -0.0261 e. The van der Waals surface area contributed by atoms with Crippen LogP contribution < -0.4 is 0 Å². The van der Waals surface area contributed by atoms with Gasteiger partial charge in [-0.2, -0.15) is 0 Å². The summed E-state index contributed by atoms with van der Waals surface area (Å²) in [5, 5.41) is 0. The molecule has 1 heteroatoms. The minimum absolute atomic E-state index is 1.56. The van der Waals surface area contributed by atoms with Crippen LogP contribution in [0.2, 0.25) is 0 Å². The standard InChI is InChI=1S/C2H3Br.C2H6/c1-2-3;1-2/h2H,1H2;1-2H3. The molecule has 0 nitrogen and oxygen atoms in total. The van der Waals surface area contributed by atoms with Gasteiger partial charge in [-0.05, 0) is 4.99 Å². The summed E-state index contributed by atoms with van der Waals surface area (Å²) < 4.78 is 0. The Balaban J connectivity index is 0. The summed E-state index contributed by atoms with van der Waals surface area (Å²) in [5.41, 5.74) is 0. The summed E-state index contributed by atoms with van der Waals surface area (Å²) in [5.74, 6) is 0. The van der Waals surface area contributed by atoms with Crippen molar-refractivity contribution in [3.05, 3.63) is 11.6 Å². The monoisotopic (exact) mass is 136 g/mol. The van der Waals surface area contributed by atoms with Crippen molar-refractivity contribution in [2.24, 2.45) is 0 Å². The molecule has 0 bridgehead atoms. The summed E-state index contributed by atoms with van der Waals surface area (Å²) in [6.45, 7) is 7.28. The SMILES string of the molecule is C=CBr.CC. The van der Waals surface area contributed by atoms with Gasteiger partial charge in [-0.3, -0.25) is 0 Å². The molecule has 0 fully saturated rings. The van der Waals surface area contributed by atoms with Gasteiger partial charge in [0.1, 0.15) is 0 Å². The molecule has 0 unspecified atom stereocenters. The van der Waals surface area contributed by atoms with Gasteiger partial charge in [0.2, 0.25) is 0 Å². The molecular formula is C4H9Br. The predicted octanol–water partition coefficient (Wildman–Crippen LogP) is 2.55. The molecule has 0 aliphatic heterocycles. The maximum atomic E-state index is 3.28. The van der Waals surface area contributed by atoms with Crippen molar-refractivity contribution in [1.82, 2.24) is 0 Å². The number of hydrogen-bond donors (Lipinski definition) is 0. The fraction of sp³-hybridized carbons (Fsp3) is 0.500. The summed E-state index contributed by atoms with van der Waals surface area (Å²) in [6.07, 6.45) is 0. The third-order valence-corrected chi connectivity index (χ3v) is 0. The second kappa shape index (κ2) is 29.4. The second-order valence-corrected chi connectivity index (χ2v) is 0.802. The average molecular weight is 137 g/mol. The first-order chi connectivity index (χ1) is 2.41. The molecular weight excluding hydrogens is 128 g/mol. The largest absolute Gasteiger partial charge is 0.0921 e. The van der Waals surface area contributed by atoms with E-state index in [0.29, 0.717) is 0 Å². The molecule has 0 aromatic rings. The molecule has 0 radical (unpaired) electrons. The van der Waals surface area contributed by atoms with Crippen molar-refractivity contribution in [3.63, 3.8) is 0 Å². The van der Waals surface area contributed by atoms with Gasteiger partial charge in [0, 0.05) is 0 Å². The van der Waals surface area contributed by atoms with E-state index in [0.717, 1.165) is 0 Å². The quantitative estimate of drug-likeness (QED) is 0.481. The minimum atomic E-state index is 1.56. The highest BCUT2D eigenvalue weighted by atomic mass is 79.9. The van der Waals surface area contributed by atoms with Crippen LogP contribution in [-0.2, 0) is 0 Å². The molecule has 0 aliphatic rings. The third-order valence-electron chi connectivity index (χ3n) is 0. The molecule has 0 heterocycles. The predicted molar refractivity (Wildman–Crippen MR) is 30.5 cm³/mol. The average Bonchev–Trinajstić information content (AvgIpc) is 1.46. The lowest BCUT2D eigenvalue weighted by molar-refractivity contribution is 1.50. The lowest BCUT2D eigenvalue weighted by Crippen LogP contribution is -0.895. The van der Waals surface area contributed by atoms with E-state index in [-0.39, 0.29) is 0 Å². The molecule has 0 aromatic heterocycles. The van der Waals surface area contributed by atoms with Crippen molar-refractivity contribution >= 4 is 15.9 Å². The van der Waals surface area contributed by atoms with Gasteiger partial charge in [-0.1, -0.05) is 36.4 Å². The van der Waals surface area contributed by atoms with Crippen molar-refractivity contribution in [3.8, 4) is 0 Å². The Bertz CT molecular complexity index is 11.1. The molecule has 0 saturated heterocycles. The van der Waals surface area contributed by atoms with Crippen LogP contribution in [0.15, 0.2) is 11.6 Å². The Morgan fingerprint density at radius 1 is 1.60 bits per heavy atom. The number of hydrogen-bond acceptors (Lipinski definition) is 0. The lowest BCUT2D eigenvalue weighted by Gasteiger charge is -1.27. The van der Waals surface area contributed by atoms with Crippen LogP contribution in [0.5, 0.6) is 0 Å². The van der Waals surface area contributed by atoms with E-state index in [2.05, 4.69) is 22.5 Å². The first kappa shape index (κ1) is 8.97. The molecule has 0 amide bonds. The number of halogens is 1. The van der Waals surface area contributed by atoms with E-state index < -0.39 is 0 Å². The highest BCUT2D eigenvalue weighted by molar-refractivity contribution is 9.11.